The molecule has 0 aromatic rings. The lowest BCUT2D eigenvalue weighted by molar-refractivity contribution is -0.299. The van der Waals surface area contributed by atoms with E-state index in [0.717, 1.165) is 6.42 Å². The van der Waals surface area contributed by atoms with Gasteiger partial charge in [0.1, 0.15) is 5.60 Å². The predicted octanol–water partition coefficient (Wildman–Crippen LogP) is 0.405. The van der Waals surface area contributed by atoms with Gasteiger partial charge >= 0.3 is 5.97 Å². The van der Waals surface area contributed by atoms with Crippen LogP contribution >= 0.6 is 0 Å². The van der Waals surface area contributed by atoms with Crippen LogP contribution in [0, 0.1) is 23.7 Å². The first-order valence-electron chi connectivity index (χ1n) is 7.75. The Balaban J connectivity index is 1.88. The van der Waals surface area contributed by atoms with Crippen molar-refractivity contribution in [2.75, 3.05) is 0 Å². The normalized spacial score (nSPS) is 62.1. The monoisotopic (exact) mass is 298 g/mol. The van der Waals surface area contributed by atoms with Crippen molar-refractivity contribution in [2.45, 2.75) is 63.5 Å². The second-order valence-corrected chi connectivity index (χ2v) is 7.28. The number of aliphatic hydroxyl groups excluding tert-OH is 2. The molecule has 6 nitrogen and oxygen atoms in total. The van der Waals surface area contributed by atoms with E-state index in [1.165, 1.54) is 0 Å². The van der Waals surface area contributed by atoms with E-state index in [9.17, 15) is 15.0 Å². The van der Waals surface area contributed by atoms with Crippen LogP contribution in [0.4, 0.5) is 0 Å². The van der Waals surface area contributed by atoms with Gasteiger partial charge in [-0.1, -0.05) is 13.8 Å². The van der Waals surface area contributed by atoms with Gasteiger partial charge in [0.25, 0.3) is 0 Å². The first-order valence-corrected chi connectivity index (χ1v) is 7.75. The Morgan fingerprint density at radius 1 is 1.24 bits per heavy atom. The van der Waals surface area contributed by atoms with E-state index in [1.54, 1.807) is 6.92 Å². The fourth-order valence-corrected chi connectivity index (χ4v) is 5.10. The fraction of sp³-hybridized carbons (Fsp3) is 0.933. The number of hydrogen-bond acceptors (Lipinski definition) is 6. The minimum Gasteiger partial charge on any atom is -0.432 e. The van der Waals surface area contributed by atoms with E-state index < -0.39 is 47.7 Å². The Labute approximate surface area is 123 Å². The number of rotatable bonds is 0. The lowest BCUT2D eigenvalue weighted by Crippen LogP contribution is -2.72. The predicted molar refractivity (Wildman–Crippen MR) is 69.7 cm³/mol. The highest BCUT2D eigenvalue weighted by atomic mass is 16.8. The second kappa shape index (κ2) is 3.98. The van der Waals surface area contributed by atoms with Gasteiger partial charge in [-0.15, -0.1) is 0 Å². The Kier molecular flexibility index (Phi) is 2.64. The van der Waals surface area contributed by atoms with Crippen molar-refractivity contribution in [3.05, 3.63) is 0 Å². The lowest BCUT2D eigenvalue weighted by atomic mass is 9.55. The Hall–Kier alpha value is -0.690. The summed E-state index contributed by atoms with van der Waals surface area (Å²) in [4.78, 5) is 12.1. The minimum atomic E-state index is -1.01. The molecule has 21 heavy (non-hydrogen) atoms. The maximum atomic E-state index is 12.1. The molecule has 3 saturated heterocycles. The van der Waals surface area contributed by atoms with Crippen molar-refractivity contribution in [3.8, 4) is 0 Å². The lowest BCUT2D eigenvalue weighted by Gasteiger charge is -2.58. The van der Waals surface area contributed by atoms with Crippen LogP contribution in [0.3, 0.4) is 0 Å². The molecule has 4 fully saturated rings. The largest absolute Gasteiger partial charge is 0.432 e. The molecule has 2 N–H and O–H groups in total. The molecule has 0 aromatic carbocycles. The topological polar surface area (TPSA) is 85.2 Å². The van der Waals surface area contributed by atoms with E-state index in [2.05, 4.69) is 0 Å². The van der Waals surface area contributed by atoms with Crippen LogP contribution < -0.4 is 0 Å². The third-order valence-corrected chi connectivity index (χ3v) is 6.15. The first-order chi connectivity index (χ1) is 9.80. The summed E-state index contributed by atoms with van der Waals surface area (Å²) in [5.74, 6) is -2.31. The molecule has 4 rings (SSSR count). The molecule has 9 atom stereocenters. The number of hydrogen-bond donors (Lipinski definition) is 2. The summed E-state index contributed by atoms with van der Waals surface area (Å²) in [6.45, 7) is 5.51. The number of aliphatic hydroxyl groups is 2. The highest BCUT2D eigenvalue weighted by molar-refractivity contribution is 5.74. The summed E-state index contributed by atoms with van der Waals surface area (Å²) in [6, 6.07) is 0. The molecule has 1 aliphatic carbocycles. The molecular weight excluding hydrogens is 276 g/mol. The summed E-state index contributed by atoms with van der Waals surface area (Å²) in [5.41, 5.74) is -0.835. The van der Waals surface area contributed by atoms with Crippen LogP contribution in [0.2, 0.25) is 0 Å². The van der Waals surface area contributed by atoms with E-state index in [-0.39, 0.29) is 11.8 Å². The van der Waals surface area contributed by atoms with Gasteiger partial charge in [-0.05, 0) is 25.2 Å². The van der Waals surface area contributed by atoms with Crippen LogP contribution in [0.25, 0.3) is 0 Å². The van der Waals surface area contributed by atoms with Gasteiger partial charge < -0.3 is 24.4 Å². The van der Waals surface area contributed by atoms with Crippen molar-refractivity contribution < 1.29 is 29.2 Å². The molecule has 0 amide bonds. The van der Waals surface area contributed by atoms with Gasteiger partial charge in [0.05, 0.1) is 18.1 Å². The van der Waals surface area contributed by atoms with Crippen molar-refractivity contribution >= 4 is 5.97 Å². The minimum absolute atomic E-state index is 0.0111. The zero-order chi connectivity index (χ0) is 15.2. The summed E-state index contributed by atoms with van der Waals surface area (Å²) in [7, 11) is 0. The number of ether oxygens (including phenoxy) is 3. The molecule has 6 heteroatoms. The maximum Gasteiger partial charge on any atom is 0.311 e. The van der Waals surface area contributed by atoms with Gasteiger partial charge in [-0.3, -0.25) is 4.79 Å². The third-order valence-electron chi connectivity index (χ3n) is 6.15. The number of esters is 1. The number of fused-ring (bicyclic) bond motifs is 1. The van der Waals surface area contributed by atoms with Crippen LogP contribution in [0.15, 0.2) is 0 Å². The quantitative estimate of drug-likeness (QED) is 0.630. The first kappa shape index (κ1) is 13.9. The molecular formula is C15H22O6. The maximum absolute atomic E-state index is 12.1. The third kappa shape index (κ3) is 1.49. The Morgan fingerprint density at radius 3 is 2.67 bits per heavy atom. The van der Waals surface area contributed by atoms with Crippen molar-refractivity contribution in [1.29, 1.82) is 0 Å². The van der Waals surface area contributed by atoms with E-state index in [4.69, 9.17) is 14.2 Å². The smallest absolute Gasteiger partial charge is 0.311 e. The highest BCUT2D eigenvalue weighted by Crippen LogP contribution is 2.62. The Morgan fingerprint density at radius 2 is 1.95 bits per heavy atom. The van der Waals surface area contributed by atoms with Crippen LogP contribution in [-0.4, -0.2) is 46.1 Å². The Bertz CT molecular complexity index is 495. The fourth-order valence-electron chi connectivity index (χ4n) is 5.10. The second-order valence-electron chi connectivity index (χ2n) is 7.28. The molecule has 2 bridgehead atoms. The molecule has 118 valence electrons. The van der Waals surface area contributed by atoms with E-state index >= 15 is 0 Å². The number of carbonyl (C=O) groups excluding carboxylic acids is 1. The standard InChI is InChI=1S/C15H22O6/c1-6-8-4-5-14(3)20-13-15(8,21-14)9(11(17)10(6)16)7(2)12(18)19-13/h6-11,13,16-17H,4-5H2,1-3H3/t6-,7+,8?,9?,10-,11-,13?,14?,15?/m0/s1. The molecule has 1 saturated carbocycles. The van der Waals surface area contributed by atoms with E-state index in [0.29, 0.717) is 6.42 Å². The molecule has 4 aliphatic rings. The van der Waals surface area contributed by atoms with Gasteiger partial charge in [0.2, 0.25) is 6.29 Å². The van der Waals surface area contributed by atoms with E-state index in [1.807, 2.05) is 13.8 Å². The molecule has 0 radical (unpaired) electrons. The summed E-state index contributed by atoms with van der Waals surface area (Å²) in [5, 5.41) is 21.0. The molecule has 3 aliphatic heterocycles. The van der Waals surface area contributed by atoms with Gasteiger partial charge in [-0.2, -0.15) is 0 Å². The van der Waals surface area contributed by atoms with Crippen LogP contribution in [-0.2, 0) is 19.0 Å². The molecule has 5 unspecified atom stereocenters. The van der Waals surface area contributed by atoms with Crippen molar-refractivity contribution in [2.24, 2.45) is 23.7 Å². The molecule has 3 heterocycles. The zero-order valence-electron chi connectivity index (χ0n) is 12.5. The summed E-state index contributed by atoms with van der Waals surface area (Å²) < 4.78 is 17.7. The van der Waals surface area contributed by atoms with Gasteiger partial charge in [0, 0.05) is 12.3 Å². The SMILES string of the molecule is C[C@H]1C(=O)OC2OC3(C)CCC4[C@H](C)[C@H](O)[C@@H](O)C1C24O3. The molecule has 1 spiro atoms. The van der Waals surface area contributed by atoms with Gasteiger partial charge in [-0.25, -0.2) is 0 Å². The van der Waals surface area contributed by atoms with Crippen molar-refractivity contribution in [1.82, 2.24) is 0 Å². The number of carbonyl (C=O) groups is 1. The molecule has 0 aromatic heterocycles. The van der Waals surface area contributed by atoms with Crippen LogP contribution in [0.1, 0.15) is 33.6 Å². The van der Waals surface area contributed by atoms with Crippen LogP contribution in [0.5, 0.6) is 0 Å². The summed E-state index contributed by atoms with van der Waals surface area (Å²) >= 11 is 0. The zero-order valence-corrected chi connectivity index (χ0v) is 12.5. The van der Waals surface area contributed by atoms with Crippen molar-refractivity contribution in [3.63, 3.8) is 0 Å². The average Bonchev–Trinajstić information content (AvgIpc) is 2.64. The average molecular weight is 298 g/mol. The van der Waals surface area contributed by atoms with Gasteiger partial charge in [0.15, 0.2) is 5.79 Å². The summed E-state index contributed by atoms with van der Waals surface area (Å²) in [6.07, 6.45) is -1.12. The highest BCUT2D eigenvalue weighted by Gasteiger charge is 2.75.